The van der Waals surface area contributed by atoms with Gasteiger partial charge in [-0.2, -0.15) is 0 Å². The van der Waals surface area contributed by atoms with Gasteiger partial charge >= 0.3 is 0 Å². The molecule has 0 aromatic carbocycles. The first-order valence-corrected chi connectivity index (χ1v) is 17.6. The van der Waals surface area contributed by atoms with Crippen LogP contribution in [0, 0.1) is 29.6 Å². The second-order valence-corrected chi connectivity index (χ2v) is 15.0. The van der Waals surface area contributed by atoms with Gasteiger partial charge in [-0.1, -0.05) is 60.0 Å². The Labute approximate surface area is 294 Å². The van der Waals surface area contributed by atoms with E-state index in [9.17, 15) is 28.8 Å². The number of amides is 5. The molecule has 5 atom stereocenters. The normalized spacial score (nSPS) is 22.6. The first-order chi connectivity index (χ1) is 23.7. The molecular formula is C37H51N7O6. The van der Waals surface area contributed by atoms with E-state index >= 15 is 0 Å². The summed E-state index contributed by atoms with van der Waals surface area (Å²) in [6.45, 7) is 13.5. The van der Waals surface area contributed by atoms with Crippen molar-refractivity contribution in [2.75, 3.05) is 13.1 Å². The summed E-state index contributed by atoms with van der Waals surface area (Å²) in [5.41, 5.74) is -1.44. The summed E-state index contributed by atoms with van der Waals surface area (Å²) in [5.74, 6) is -1.27. The number of aromatic nitrogens is 2. The molecule has 0 bridgehead atoms. The molecule has 13 heteroatoms. The zero-order valence-electron chi connectivity index (χ0n) is 29.9. The lowest BCUT2D eigenvalue weighted by atomic mass is 9.65. The Kier molecular flexibility index (Phi) is 12.2. The summed E-state index contributed by atoms with van der Waals surface area (Å²) in [7, 11) is 0. The van der Waals surface area contributed by atoms with Gasteiger partial charge in [0.1, 0.15) is 23.8 Å². The number of rotatable bonds is 13. The monoisotopic (exact) mass is 689 g/mol. The van der Waals surface area contributed by atoms with Gasteiger partial charge in [0.05, 0.1) is 17.8 Å². The van der Waals surface area contributed by atoms with Crippen molar-refractivity contribution >= 4 is 35.3 Å². The third-order valence-electron chi connectivity index (χ3n) is 10.3. The van der Waals surface area contributed by atoms with Crippen LogP contribution in [0.3, 0.4) is 0 Å². The molecule has 3 N–H and O–H groups in total. The van der Waals surface area contributed by atoms with Crippen LogP contribution in [-0.2, 0) is 24.0 Å². The van der Waals surface area contributed by atoms with Gasteiger partial charge in [0.15, 0.2) is 0 Å². The highest BCUT2D eigenvalue weighted by Crippen LogP contribution is 2.49. The first kappa shape index (κ1) is 38.2. The Bertz CT molecular complexity index is 1510. The molecule has 1 aromatic rings. The van der Waals surface area contributed by atoms with Crippen molar-refractivity contribution in [1.29, 1.82) is 0 Å². The molecule has 1 saturated carbocycles. The minimum absolute atomic E-state index is 0.00314. The van der Waals surface area contributed by atoms with Crippen molar-refractivity contribution in [2.45, 2.75) is 116 Å². The van der Waals surface area contributed by atoms with Crippen LogP contribution in [0.25, 0.3) is 0 Å². The zero-order chi connectivity index (χ0) is 36.8. The minimum atomic E-state index is -1.19. The lowest BCUT2D eigenvalue weighted by Gasteiger charge is -2.63. The predicted octanol–water partition coefficient (Wildman–Crippen LogP) is 2.18. The van der Waals surface area contributed by atoms with Crippen LogP contribution in [0.1, 0.15) is 96.5 Å². The van der Waals surface area contributed by atoms with Crippen LogP contribution in [-0.4, -0.2) is 97.9 Å². The largest absolute Gasteiger partial charge is 0.346 e. The molecule has 1 aromatic heterocycles. The van der Waals surface area contributed by atoms with Crippen LogP contribution < -0.4 is 16.0 Å². The van der Waals surface area contributed by atoms with Crippen LogP contribution in [0.4, 0.5) is 0 Å². The fourth-order valence-electron chi connectivity index (χ4n) is 7.84. The van der Waals surface area contributed by atoms with Crippen LogP contribution >= 0.6 is 0 Å². The molecule has 50 heavy (non-hydrogen) atoms. The van der Waals surface area contributed by atoms with E-state index in [4.69, 9.17) is 6.42 Å². The number of ketones is 1. The van der Waals surface area contributed by atoms with Gasteiger partial charge in [-0.25, -0.2) is 4.98 Å². The number of hydrogen-bond donors (Lipinski definition) is 3. The number of nitrogens with one attached hydrogen (secondary N) is 3. The molecule has 2 saturated heterocycles. The lowest BCUT2D eigenvalue weighted by molar-refractivity contribution is -0.187. The van der Waals surface area contributed by atoms with E-state index in [1.165, 1.54) is 24.7 Å². The van der Waals surface area contributed by atoms with Crippen molar-refractivity contribution in [3.63, 3.8) is 0 Å². The van der Waals surface area contributed by atoms with Gasteiger partial charge < -0.3 is 25.8 Å². The second kappa shape index (κ2) is 16.0. The van der Waals surface area contributed by atoms with Gasteiger partial charge in [0.2, 0.25) is 23.5 Å². The molecule has 1 spiro atoms. The maximum atomic E-state index is 14.9. The maximum absolute atomic E-state index is 14.9. The molecule has 5 amide bonds. The van der Waals surface area contributed by atoms with E-state index in [0.717, 1.165) is 19.3 Å². The summed E-state index contributed by atoms with van der Waals surface area (Å²) < 4.78 is 0. The molecule has 13 nitrogen and oxygen atoms in total. The average molecular weight is 690 g/mol. The highest BCUT2D eigenvalue weighted by molar-refractivity contribution is 6.38. The van der Waals surface area contributed by atoms with Crippen molar-refractivity contribution in [1.82, 2.24) is 35.7 Å². The predicted molar refractivity (Wildman–Crippen MR) is 186 cm³/mol. The molecule has 1 unspecified atom stereocenters. The van der Waals surface area contributed by atoms with Crippen molar-refractivity contribution in [3.05, 3.63) is 36.9 Å². The molecule has 3 aliphatic rings. The van der Waals surface area contributed by atoms with Crippen LogP contribution in [0.15, 0.2) is 31.2 Å². The third-order valence-corrected chi connectivity index (χ3v) is 10.3. The van der Waals surface area contributed by atoms with Crippen LogP contribution in [0.5, 0.6) is 0 Å². The van der Waals surface area contributed by atoms with Gasteiger partial charge in [0.25, 0.3) is 11.8 Å². The first-order valence-electron chi connectivity index (χ1n) is 17.6. The quantitative estimate of drug-likeness (QED) is 0.123. The van der Waals surface area contributed by atoms with Gasteiger partial charge in [0, 0.05) is 31.9 Å². The summed E-state index contributed by atoms with van der Waals surface area (Å²) >= 11 is 0. The minimum Gasteiger partial charge on any atom is -0.346 e. The lowest BCUT2D eigenvalue weighted by Crippen LogP contribution is -2.83. The molecule has 3 fully saturated rings. The maximum Gasteiger partial charge on any atom is 0.289 e. The van der Waals surface area contributed by atoms with Crippen molar-refractivity contribution < 1.29 is 28.8 Å². The third kappa shape index (κ3) is 7.74. The fraction of sp³-hybridized carbons (Fsp3) is 0.622. The highest BCUT2D eigenvalue weighted by Gasteiger charge is 2.65. The van der Waals surface area contributed by atoms with Gasteiger partial charge in [-0.3, -0.25) is 33.8 Å². The Morgan fingerprint density at radius 1 is 1.14 bits per heavy atom. The number of hydrogen-bond acceptors (Lipinski definition) is 8. The second-order valence-electron chi connectivity index (χ2n) is 15.0. The topological polar surface area (TPSA) is 171 Å². The smallest absolute Gasteiger partial charge is 0.289 e. The number of carbonyl (C=O) groups is 6. The van der Waals surface area contributed by atoms with E-state index in [0.29, 0.717) is 19.3 Å². The van der Waals surface area contributed by atoms with E-state index in [1.807, 2.05) is 34.6 Å². The molecule has 4 rings (SSSR count). The van der Waals surface area contributed by atoms with E-state index in [2.05, 4.69) is 38.4 Å². The number of nitrogens with zero attached hydrogens (tertiary/aromatic N) is 4. The number of β-lactam (4-membered cyclic amide) rings is 1. The average Bonchev–Trinajstić information content (AvgIpc) is 3.56. The molecule has 2 aliphatic heterocycles. The van der Waals surface area contributed by atoms with E-state index in [-0.39, 0.29) is 55.3 Å². The summed E-state index contributed by atoms with van der Waals surface area (Å²) in [6, 6.07) is -3.92. The Hall–Kier alpha value is -4.60. The Morgan fingerprint density at radius 3 is 2.42 bits per heavy atom. The molecule has 270 valence electrons. The van der Waals surface area contributed by atoms with E-state index in [1.54, 1.807) is 9.80 Å². The Balaban J connectivity index is 1.66. The number of Topliss-reactive ketones (excluding diaryl/α,β-unsaturated/α-hetero) is 1. The van der Waals surface area contributed by atoms with Crippen molar-refractivity contribution in [2.24, 2.45) is 17.3 Å². The standard InChI is InChI=1S/C37H51N7O6/c1-8-10-14-25(28(45)33(48)40-18-9-2)41-32(47)27-24(23(3)4)15-21-43(27)35(50)30(36(5,6)7)44-34(49)29(37(44)16-12-11-13-17-37)42-31(46)26-22-38-19-20-39-26/h1,9,19-20,22-25,27,29-30H,2,10-18,21H2,3-7H3,(H,40,48)(H,41,47)(H,42,46)/t24-,25?,27+,29-,30-/m1/s1. The number of likely N-dealkylation sites (tertiary alicyclic amines) is 2. The number of terminal acetylenes is 1. The SMILES string of the molecule is C#CCCC(NC(=O)[C@@H]1[C@@H](C(C)C)CCN1C(=O)[C@@H](N1C(=O)[C@@H](NC(=O)c2cnccn2)C12CCCCC2)C(C)(C)C)C(=O)C(=O)NCC=C. The molecule has 3 heterocycles. The molecular weight excluding hydrogens is 638 g/mol. The van der Waals surface area contributed by atoms with E-state index < -0.39 is 58.6 Å². The zero-order valence-corrected chi connectivity index (χ0v) is 29.9. The summed E-state index contributed by atoms with van der Waals surface area (Å²) in [6.07, 6.45) is 15.7. The Morgan fingerprint density at radius 2 is 1.84 bits per heavy atom. The fourth-order valence-corrected chi connectivity index (χ4v) is 7.84. The van der Waals surface area contributed by atoms with Gasteiger partial charge in [-0.15, -0.1) is 18.9 Å². The van der Waals surface area contributed by atoms with Gasteiger partial charge in [-0.05, 0) is 42.9 Å². The molecule has 0 radical (unpaired) electrons. The number of carbonyl (C=O) groups excluding carboxylic acids is 6. The van der Waals surface area contributed by atoms with Crippen molar-refractivity contribution in [3.8, 4) is 12.3 Å². The highest BCUT2D eigenvalue weighted by atomic mass is 16.2. The summed E-state index contributed by atoms with van der Waals surface area (Å²) in [4.78, 5) is 93.5. The summed E-state index contributed by atoms with van der Waals surface area (Å²) in [5, 5.41) is 8.12. The molecule has 1 aliphatic carbocycles. The van der Waals surface area contributed by atoms with Crippen LogP contribution in [0.2, 0.25) is 0 Å².